The van der Waals surface area contributed by atoms with Crippen LogP contribution in [0.2, 0.25) is 0 Å². The van der Waals surface area contributed by atoms with Gasteiger partial charge in [-0.3, -0.25) is 4.79 Å². The number of ether oxygens (including phenoxy) is 1. The van der Waals surface area contributed by atoms with Crippen molar-refractivity contribution < 1.29 is 9.53 Å². The van der Waals surface area contributed by atoms with Gasteiger partial charge < -0.3 is 10.1 Å². The number of carbonyl (C=O) groups is 1. The van der Waals surface area contributed by atoms with Gasteiger partial charge in [-0.25, -0.2) is 0 Å². The van der Waals surface area contributed by atoms with E-state index in [-0.39, 0.29) is 12.5 Å². The Morgan fingerprint density at radius 3 is 2.67 bits per heavy atom. The minimum absolute atomic E-state index is 0.0672. The molecule has 0 aliphatic carbocycles. The van der Waals surface area contributed by atoms with Crippen LogP contribution in [0.25, 0.3) is 0 Å². The molecule has 2 aromatic carbocycles. The number of amides is 1. The summed E-state index contributed by atoms with van der Waals surface area (Å²) in [5.74, 6) is 0.346. The Morgan fingerprint density at radius 1 is 1.24 bits per heavy atom. The summed E-state index contributed by atoms with van der Waals surface area (Å²) in [5.41, 5.74) is 2.49. The molecule has 0 heterocycles. The molecule has 1 amide bonds. The minimum Gasteiger partial charge on any atom is -0.484 e. The summed E-state index contributed by atoms with van der Waals surface area (Å²) in [5, 5.41) is 11.5. The molecule has 4 heteroatoms. The molecule has 0 saturated carbocycles. The number of hydrogen-bond donors (Lipinski definition) is 1. The van der Waals surface area contributed by atoms with E-state index in [2.05, 4.69) is 12.2 Å². The molecule has 0 fully saturated rings. The van der Waals surface area contributed by atoms with E-state index in [4.69, 9.17) is 10.00 Å². The number of hydrogen-bond acceptors (Lipinski definition) is 3. The lowest BCUT2D eigenvalue weighted by molar-refractivity contribution is -0.118. The Hall–Kier alpha value is -2.80. The highest BCUT2D eigenvalue weighted by Crippen LogP contribution is 2.13. The second-order valence-electron chi connectivity index (χ2n) is 4.53. The number of nitrogens with zero attached hydrogens (tertiary/aromatic N) is 1. The van der Waals surface area contributed by atoms with Crippen LogP contribution in [0.5, 0.6) is 5.75 Å². The molecule has 0 saturated heterocycles. The summed E-state index contributed by atoms with van der Waals surface area (Å²) in [4.78, 5) is 11.8. The molecule has 1 N–H and O–H groups in total. The van der Waals surface area contributed by atoms with Crippen LogP contribution >= 0.6 is 0 Å². The van der Waals surface area contributed by atoms with Gasteiger partial charge in [-0.2, -0.15) is 5.26 Å². The SMILES string of the molecule is CCc1cccc(NC(=O)COc2ccc(C#N)cc2)c1. The highest BCUT2D eigenvalue weighted by atomic mass is 16.5. The molecule has 0 aliphatic heterocycles. The maximum absolute atomic E-state index is 11.8. The second-order valence-corrected chi connectivity index (χ2v) is 4.53. The molecular weight excluding hydrogens is 264 g/mol. The zero-order valence-corrected chi connectivity index (χ0v) is 11.8. The Kier molecular flexibility index (Phi) is 4.94. The largest absolute Gasteiger partial charge is 0.484 e. The van der Waals surface area contributed by atoms with Crippen LogP contribution in [-0.2, 0) is 11.2 Å². The van der Waals surface area contributed by atoms with Gasteiger partial charge in [-0.1, -0.05) is 19.1 Å². The molecule has 0 aliphatic rings. The van der Waals surface area contributed by atoms with Gasteiger partial charge in [0.2, 0.25) is 0 Å². The van der Waals surface area contributed by atoms with E-state index < -0.39 is 0 Å². The highest BCUT2D eigenvalue weighted by molar-refractivity contribution is 5.91. The second kappa shape index (κ2) is 7.11. The zero-order chi connectivity index (χ0) is 15.1. The van der Waals surface area contributed by atoms with Crippen LogP contribution in [0.1, 0.15) is 18.1 Å². The van der Waals surface area contributed by atoms with Crippen molar-refractivity contribution in [3.05, 3.63) is 59.7 Å². The van der Waals surface area contributed by atoms with Crippen LogP contribution in [0.4, 0.5) is 5.69 Å². The number of aryl methyl sites for hydroxylation is 1. The van der Waals surface area contributed by atoms with Crippen LogP contribution in [0.15, 0.2) is 48.5 Å². The van der Waals surface area contributed by atoms with E-state index >= 15 is 0 Å². The molecule has 2 rings (SSSR count). The molecule has 0 atom stereocenters. The van der Waals surface area contributed by atoms with Gasteiger partial charge in [0, 0.05) is 5.69 Å². The average Bonchev–Trinajstić information content (AvgIpc) is 2.53. The number of carbonyl (C=O) groups excluding carboxylic acids is 1. The van der Waals surface area contributed by atoms with Crippen molar-refractivity contribution in [1.82, 2.24) is 0 Å². The van der Waals surface area contributed by atoms with E-state index in [9.17, 15) is 4.79 Å². The molecule has 106 valence electrons. The van der Waals surface area contributed by atoms with Crippen molar-refractivity contribution in [1.29, 1.82) is 5.26 Å². The number of nitrogens with one attached hydrogen (secondary N) is 1. The average molecular weight is 280 g/mol. The van der Waals surface area contributed by atoms with Crippen molar-refractivity contribution in [3.63, 3.8) is 0 Å². The van der Waals surface area contributed by atoms with Gasteiger partial charge in [0.25, 0.3) is 5.91 Å². The fourth-order valence-corrected chi connectivity index (χ4v) is 1.84. The van der Waals surface area contributed by atoms with E-state index in [0.717, 1.165) is 12.1 Å². The van der Waals surface area contributed by atoms with Crippen molar-refractivity contribution in [2.45, 2.75) is 13.3 Å². The van der Waals surface area contributed by atoms with Gasteiger partial charge >= 0.3 is 0 Å². The molecule has 2 aromatic rings. The predicted molar refractivity (Wildman–Crippen MR) is 81.1 cm³/mol. The van der Waals surface area contributed by atoms with Gasteiger partial charge in [0.1, 0.15) is 5.75 Å². The first-order valence-electron chi connectivity index (χ1n) is 6.73. The van der Waals surface area contributed by atoms with Gasteiger partial charge in [-0.15, -0.1) is 0 Å². The monoisotopic (exact) mass is 280 g/mol. The fraction of sp³-hybridized carbons (Fsp3) is 0.176. The molecule has 0 unspecified atom stereocenters. The summed E-state index contributed by atoms with van der Waals surface area (Å²) in [6.07, 6.45) is 0.922. The molecule has 0 aromatic heterocycles. The van der Waals surface area contributed by atoms with Gasteiger partial charge in [0.05, 0.1) is 11.6 Å². The topological polar surface area (TPSA) is 62.1 Å². The minimum atomic E-state index is -0.215. The molecule has 0 spiro atoms. The number of nitriles is 1. The first kappa shape index (κ1) is 14.6. The fourth-order valence-electron chi connectivity index (χ4n) is 1.84. The van der Waals surface area contributed by atoms with Crippen molar-refractivity contribution in [2.24, 2.45) is 0 Å². The quantitative estimate of drug-likeness (QED) is 0.915. The Morgan fingerprint density at radius 2 is 2.00 bits per heavy atom. The summed E-state index contributed by atoms with van der Waals surface area (Å²) < 4.78 is 5.37. The third kappa shape index (κ3) is 4.36. The normalized spacial score (nSPS) is 9.71. The van der Waals surface area contributed by atoms with Crippen molar-refractivity contribution in [3.8, 4) is 11.8 Å². The first-order chi connectivity index (χ1) is 10.2. The Bertz CT molecular complexity index is 657. The third-order valence-electron chi connectivity index (χ3n) is 2.97. The Balaban J connectivity index is 1.88. The lowest BCUT2D eigenvalue weighted by atomic mass is 10.1. The van der Waals surface area contributed by atoms with Gasteiger partial charge in [-0.05, 0) is 48.4 Å². The number of benzene rings is 2. The maximum Gasteiger partial charge on any atom is 0.262 e. The Labute approximate surface area is 124 Å². The highest BCUT2D eigenvalue weighted by Gasteiger charge is 2.04. The van der Waals surface area contributed by atoms with E-state index in [1.807, 2.05) is 30.3 Å². The summed E-state index contributed by atoms with van der Waals surface area (Å²) in [6.45, 7) is 2.00. The molecule has 0 bridgehead atoms. The lowest BCUT2D eigenvalue weighted by Gasteiger charge is -2.08. The third-order valence-corrected chi connectivity index (χ3v) is 2.97. The van der Waals surface area contributed by atoms with Crippen LogP contribution in [0.3, 0.4) is 0 Å². The van der Waals surface area contributed by atoms with Crippen molar-refractivity contribution >= 4 is 11.6 Å². The molecule has 4 nitrogen and oxygen atoms in total. The zero-order valence-electron chi connectivity index (χ0n) is 11.8. The summed E-state index contributed by atoms with van der Waals surface area (Å²) in [6, 6.07) is 16.4. The molecular formula is C17H16N2O2. The van der Waals surface area contributed by atoms with E-state index in [0.29, 0.717) is 11.3 Å². The van der Waals surface area contributed by atoms with Crippen LogP contribution in [-0.4, -0.2) is 12.5 Å². The standard InChI is InChI=1S/C17H16N2O2/c1-2-13-4-3-5-15(10-13)19-17(20)12-21-16-8-6-14(11-18)7-9-16/h3-10H,2,12H2,1H3,(H,19,20). The first-order valence-corrected chi connectivity index (χ1v) is 6.73. The van der Waals surface area contributed by atoms with E-state index in [1.165, 1.54) is 5.56 Å². The summed E-state index contributed by atoms with van der Waals surface area (Å²) in [7, 11) is 0. The summed E-state index contributed by atoms with van der Waals surface area (Å²) >= 11 is 0. The number of rotatable bonds is 5. The predicted octanol–water partition coefficient (Wildman–Crippen LogP) is 3.14. The lowest BCUT2D eigenvalue weighted by Crippen LogP contribution is -2.20. The van der Waals surface area contributed by atoms with Crippen LogP contribution in [0, 0.1) is 11.3 Å². The van der Waals surface area contributed by atoms with E-state index in [1.54, 1.807) is 24.3 Å². The van der Waals surface area contributed by atoms with Crippen molar-refractivity contribution in [2.75, 3.05) is 11.9 Å². The van der Waals surface area contributed by atoms with Crippen LogP contribution < -0.4 is 10.1 Å². The maximum atomic E-state index is 11.8. The van der Waals surface area contributed by atoms with Gasteiger partial charge in [0.15, 0.2) is 6.61 Å². The smallest absolute Gasteiger partial charge is 0.262 e. The molecule has 21 heavy (non-hydrogen) atoms. The molecule has 0 radical (unpaired) electrons. The number of anilines is 1.